The molecule has 19 heavy (non-hydrogen) atoms. The van der Waals surface area contributed by atoms with Crippen molar-refractivity contribution in [3.63, 3.8) is 0 Å². The number of aryl methyl sites for hydroxylation is 1. The van der Waals surface area contributed by atoms with Gasteiger partial charge >= 0.3 is 0 Å². The fraction of sp³-hybridized carbons (Fsp3) is 0.385. The van der Waals surface area contributed by atoms with Crippen molar-refractivity contribution in [2.75, 3.05) is 6.54 Å². The van der Waals surface area contributed by atoms with Crippen LogP contribution in [0, 0.1) is 6.92 Å². The number of halogens is 1. The molecular weight excluding hydrogens is 310 g/mol. The zero-order valence-electron chi connectivity index (χ0n) is 10.9. The van der Waals surface area contributed by atoms with Crippen LogP contribution in [-0.2, 0) is 13.2 Å². The molecule has 1 aromatic heterocycles. The number of nitrogens with zero attached hydrogens (tertiary/aromatic N) is 2. The minimum Gasteiger partial charge on any atom is -0.485 e. The first-order chi connectivity index (χ1) is 9.19. The van der Waals surface area contributed by atoms with Crippen molar-refractivity contribution in [2.45, 2.75) is 27.0 Å². The lowest BCUT2D eigenvalue weighted by Crippen LogP contribution is -2.13. The summed E-state index contributed by atoms with van der Waals surface area (Å²) in [4.78, 5) is 4.11. The van der Waals surface area contributed by atoms with E-state index in [1.807, 2.05) is 18.2 Å². The van der Waals surface area contributed by atoms with Crippen LogP contribution < -0.4 is 10.1 Å². The molecule has 102 valence electrons. The van der Waals surface area contributed by atoms with Gasteiger partial charge in [0, 0.05) is 23.5 Å². The van der Waals surface area contributed by atoms with Gasteiger partial charge in [0.25, 0.3) is 0 Å². The van der Waals surface area contributed by atoms with Gasteiger partial charge in [-0.25, -0.2) is 0 Å². The van der Waals surface area contributed by atoms with E-state index in [-0.39, 0.29) is 0 Å². The average Bonchev–Trinajstić information content (AvgIpc) is 2.81. The molecule has 6 heteroatoms. The lowest BCUT2D eigenvalue weighted by atomic mass is 10.2. The fourth-order valence-electron chi connectivity index (χ4n) is 1.63. The van der Waals surface area contributed by atoms with Crippen LogP contribution in [-0.4, -0.2) is 16.7 Å². The summed E-state index contributed by atoms with van der Waals surface area (Å²) in [6, 6.07) is 5.93. The van der Waals surface area contributed by atoms with Crippen molar-refractivity contribution in [1.29, 1.82) is 0 Å². The van der Waals surface area contributed by atoms with Gasteiger partial charge in [0.2, 0.25) is 11.7 Å². The first-order valence-electron chi connectivity index (χ1n) is 6.10. The Bertz CT molecular complexity index is 542. The molecular formula is C13H16BrN3O2. The van der Waals surface area contributed by atoms with Crippen LogP contribution in [0.5, 0.6) is 5.75 Å². The van der Waals surface area contributed by atoms with E-state index in [1.54, 1.807) is 6.92 Å². The van der Waals surface area contributed by atoms with Crippen molar-refractivity contribution < 1.29 is 9.26 Å². The largest absolute Gasteiger partial charge is 0.485 e. The maximum atomic E-state index is 5.74. The van der Waals surface area contributed by atoms with E-state index in [1.165, 1.54) is 0 Å². The van der Waals surface area contributed by atoms with Crippen LogP contribution in [0.1, 0.15) is 24.2 Å². The Morgan fingerprint density at radius 3 is 2.95 bits per heavy atom. The molecule has 0 fully saturated rings. The van der Waals surface area contributed by atoms with Gasteiger partial charge in [-0.3, -0.25) is 0 Å². The number of aromatic nitrogens is 2. The zero-order chi connectivity index (χ0) is 13.7. The summed E-state index contributed by atoms with van der Waals surface area (Å²) >= 11 is 3.46. The molecule has 0 amide bonds. The van der Waals surface area contributed by atoms with Gasteiger partial charge in [0.05, 0.1) is 0 Å². The monoisotopic (exact) mass is 325 g/mol. The lowest BCUT2D eigenvalue weighted by molar-refractivity contribution is 0.282. The summed E-state index contributed by atoms with van der Waals surface area (Å²) in [6.07, 6.45) is 0. The molecule has 0 bridgehead atoms. The molecule has 0 aliphatic heterocycles. The van der Waals surface area contributed by atoms with Crippen LogP contribution in [0.4, 0.5) is 0 Å². The predicted octanol–water partition coefficient (Wildman–Crippen LogP) is 2.83. The predicted molar refractivity (Wildman–Crippen MR) is 74.9 cm³/mol. The van der Waals surface area contributed by atoms with E-state index in [0.717, 1.165) is 28.9 Å². The highest BCUT2D eigenvalue weighted by Gasteiger charge is 2.07. The van der Waals surface area contributed by atoms with Gasteiger partial charge in [0.1, 0.15) is 5.75 Å². The van der Waals surface area contributed by atoms with Gasteiger partial charge in [-0.1, -0.05) is 28.0 Å². The Kier molecular flexibility index (Phi) is 4.93. The Morgan fingerprint density at radius 2 is 2.26 bits per heavy atom. The lowest BCUT2D eigenvalue weighted by Gasteiger charge is -2.11. The molecule has 0 saturated heterocycles. The van der Waals surface area contributed by atoms with Crippen molar-refractivity contribution in [3.05, 3.63) is 40.0 Å². The van der Waals surface area contributed by atoms with E-state index in [0.29, 0.717) is 18.3 Å². The summed E-state index contributed by atoms with van der Waals surface area (Å²) in [5, 5.41) is 7.09. The Labute approximate surface area is 120 Å². The van der Waals surface area contributed by atoms with Gasteiger partial charge < -0.3 is 14.6 Å². The quantitative estimate of drug-likeness (QED) is 0.884. The molecule has 2 aromatic rings. The third-order valence-corrected chi connectivity index (χ3v) is 3.01. The number of nitrogens with one attached hydrogen (secondary N) is 1. The second kappa shape index (κ2) is 6.68. The smallest absolute Gasteiger partial charge is 0.223 e. The standard InChI is InChI=1S/C13H16BrN3O2/c1-3-15-7-10-6-11(14)4-5-12(10)18-8-13-16-9(2)19-17-13/h4-6,15H,3,7-8H2,1-2H3. The molecule has 1 N–H and O–H groups in total. The number of rotatable bonds is 6. The van der Waals surface area contributed by atoms with Gasteiger partial charge in [-0.15, -0.1) is 0 Å². The van der Waals surface area contributed by atoms with E-state index in [9.17, 15) is 0 Å². The molecule has 5 nitrogen and oxygen atoms in total. The molecule has 0 aliphatic carbocycles. The van der Waals surface area contributed by atoms with Gasteiger partial charge in [-0.05, 0) is 24.7 Å². The molecule has 0 atom stereocenters. The zero-order valence-corrected chi connectivity index (χ0v) is 12.5. The molecule has 0 unspecified atom stereocenters. The molecule has 1 aromatic carbocycles. The SMILES string of the molecule is CCNCc1cc(Br)ccc1OCc1noc(C)n1. The number of hydrogen-bond acceptors (Lipinski definition) is 5. The summed E-state index contributed by atoms with van der Waals surface area (Å²) in [5.74, 6) is 1.92. The number of benzene rings is 1. The number of hydrogen-bond donors (Lipinski definition) is 1. The van der Waals surface area contributed by atoms with Crippen LogP contribution in [0.3, 0.4) is 0 Å². The summed E-state index contributed by atoms with van der Waals surface area (Å²) in [5.41, 5.74) is 1.09. The van der Waals surface area contributed by atoms with Gasteiger partial charge in [-0.2, -0.15) is 4.98 Å². The van der Waals surface area contributed by atoms with Gasteiger partial charge in [0.15, 0.2) is 6.61 Å². The second-order valence-electron chi connectivity index (χ2n) is 4.05. The Balaban J connectivity index is 2.05. The van der Waals surface area contributed by atoms with E-state index in [2.05, 4.69) is 38.3 Å². The molecule has 0 spiro atoms. The minimum absolute atomic E-state index is 0.304. The van der Waals surface area contributed by atoms with E-state index >= 15 is 0 Å². The molecule has 2 rings (SSSR count). The highest BCUT2D eigenvalue weighted by molar-refractivity contribution is 9.10. The maximum Gasteiger partial charge on any atom is 0.223 e. The molecule has 1 heterocycles. The Morgan fingerprint density at radius 1 is 1.42 bits per heavy atom. The molecule has 0 saturated carbocycles. The highest BCUT2D eigenvalue weighted by atomic mass is 79.9. The van der Waals surface area contributed by atoms with Crippen molar-refractivity contribution in [3.8, 4) is 5.75 Å². The third kappa shape index (κ3) is 4.04. The minimum atomic E-state index is 0.304. The third-order valence-electron chi connectivity index (χ3n) is 2.51. The van der Waals surface area contributed by atoms with Crippen LogP contribution in [0.15, 0.2) is 27.2 Å². The summed E-state index contributed by atoms with van der Waals surface area (Å²) < 4.78 is 11.7. The second-order valence-corrected chi connectivity index (χ2v) is 4.97. The maximum absolute atomic E-state index is 5.74. The first-order valence-corrected chi connectivity index (χ1v) is 6.89. The topological polar surface area (TPSA) is 60.2 Å². The van der Waals surface area contributed by atoms with Crippen LogP contribution in [0.2, 0.25) is 0 Å². The van der Waals surface area contributed by atoms with Crippen molar-refractivity contribution in [2.24, 2.45) is 0 Å². The first kappa shape index (κ1) is 14.0. The van der Waals surface area contributed by atoms with E-state index < -0.39 is 0 Å². The van der Waals surface area contributed by atoms with Crippen LogP contribution >= 0.6 is 15.9 Å². The molecule has 0 radical (unpaired) electrons. The summed E-state index contributed by atoms with van der Waals surface area (Å²) in [7, 11) is 0. The normalized spacial score (nSPS) is 10.7. The van der Waals surface area contributed by atoms with Crippen LogP contribution in [0.25, 0.3) is 0 Å². The highest BCUT2D eigenvalue weighted by Crippen LogP contribution is 2.23. The van der Waals surface area contributed by atoms with E-state index in [4.69, 9.17) is 9.26 Å². The fourth-order valence-corrected chi connectivity index (χ4v) is 2.04. The number of ether oxygens (including phenoxy) is 1. The van der Waals surface area contributed by atoms with Crippen molar-refractivity contribution >= 4 is 15.9 Å². The van der Waals surface area contributed by atoms with Crippen molar-refractivity contribution in [1.82, 2.24) is 15.5 Å². The molecule has 0 aliphatic rings. The Hall–Kier alpha value is -1.40. The average molecular weight is 326 g/mol. The summed E-state index contributed by atoms with van der Waals surface area (Å²) in [6.45, 7) is 5.80.